The first-order valence-corrected chi connectivity index (χ1v) is 5.40. The van der Waals surface area contributed by atoms with Gasteiger partial charge in [0.05, 0.1) is 12.2 Å². The van der Waals surface area contributed by atoms with Crippen molar-refractivity contribution in [3.63, 3.8) is 0 Å². The van der Waals surface area contributed by atoms with Crippen LogP contribution in [0.1, 0.15) is 12.7 Å². The van der Waals surface area contributed by atoms with Gasteiger partial charge in [-0.05, 0) is 13.0 Å². The van der Waals surface area contributed by atoms with Crippen molar-refractivity contribution in [1.29, 1.82) is 0 Å². The largest absolute Gasteiger partial charge is 0.376 e. The third kappa shape index (κ3) is 1.53. The second kappa shape index (κ2) is 4.09. The number of anilines is 1. The number of rotatable bonds is 3. The van der Waals surface area contributed by atoms with Gasteiger partial charge < -0.3 is 15.2 Å². The summed E-state index contributed by atoms with van der Waals surface area (Å²) in [5.41, 5.74) is 8.60. The van der Waals surface area contributed by atoms with Crippen LogP contribution in [0.5, 0.6) is 0 Å². The highest BCUT2D eigenvalue weighted by atomic mass is 15.2. The quantitative estimate of drug-likeness (QED) is 0.835. The highest BCUT2D eigenvalue weighted by Gasteiger charge is 2.13. The lowest BCUT2D eigenvalue weighted by molar-refractivity contribution is 0.712. The van der Waals surface area contributed by atoms with E-state index in [9.17, 15) is 0 Å². The first-order valence-electron chi connectivity index (χ1n) is 5.40. The Hall–Kier alpha value is -1.62. The van der Waals surface area contributed by atoms with Gasteiger partial charge in [0.1, 0.15) is 11.3 Å². The van der Waals surface area contributed by atoms with E-state index in [1.54, 1.807) is 0 Å². The van der Waals surface area contributed by atoms with Gasteiger partial charge in [0.2, 0.25) is 0 Å². The predicted molar refractivity (Wildman–Crippen MR) is 65.4 cm³/mol. The number of hydrogen-bond donors (Lipinski definition) is 1. The molecule has 2 N–H and O–H groups in total. The smallest absolute Gasteiger partial charge is 0.162 e. The minimum Gasteiger partial charge on any atom is -0.376 e. The minimum atomic E-state index is 0.442. The zero-order valence-corrected chi connectivity index (χ0v) is 9.94. The highest BCUT2D eigenvalue weighted by molar-refractivity contribution is 5.86. The third-order valence-electron chi connectivity index (χ3n) is 2.67. The lowest BCUT2D eigenvalue weighted by Crippen LogP contribution is -2.09. The van der Waals surface area contributed by atoms with E-state index < -0.39 is 0 Å². The Morgan fingerprint density at radius 1 is 1.44 bits per heavy atom. The number of nitrogens with two attached hydrogens (primary N) is 1. The highest BCUT2D eigenvalue weighted by Crippen LogP contribution is 2.23. The Morgan fingerprint density at radius 3 is 2.75 bits per heavy atom. The summed E-state index contributed by atoms with van der Waals surface area (Å²) >= 11 is 0. The molecule has 0 aliphatic carbocycles. The van der Waals surface area contributed by atoms with Gasteiger partial charge >= 0.3 is 0 Å². The number of hydrogen-bond acceptors (Lipinski definition) is 4. The number of fused-ring (bicyclic) bond motifs is 1. The van der Waals surface area contributed by atoms with Crippen LogP contribution >= 0.6 is 0 Å². The van der Waals surface area contributed by atoms with E-state index in [0.29, 0.717) is 6.54 Å². The number of nitrogens with zero attached hydrogens (tertiary/aromatic N) is 4. The van der Waals surface area contributed by atoms with Crippen LogP contribution in [0.2, 0.25) is 0 Å². The van der Waals surface area contributed by atoms with Crippen LogP contribution in [-0.4, -0.2) is 28.6 Å². The molecule has 0 saturated heterocycles. The van der Waals surface area contributed by atoms with Gasteiger partial charge in [-0.2, -0.15) is 0 Å². The van der Waals surface area contributed by atoms with Crippen molar-refractivity contribution in [2.45, 2.75) is 20.0 Å². The molecule has 0 spiro atoms. The van der Waals surface area contributed by atoms with Crippen LogP contribution in [0.4, 0.5) is 5.69 Å². The molecule has 0 radical (unpaired) electrons. The average Bonchev–Trinajstić information content (AvgIpc) is 2.65. The lowest BCUT2D eigenvalue weighted by atomic mass is 10.3. The van der Waals surface area contributed by atoms with Gasteiger partial charge in [0, 0.05) is 26.8 Å². The van der Waals surface area contributed by atoms with E-state index >= 15 is 0 Å². The summed E-state index contributed by atoms with van der Waals surface area (Å²) in [6.45, 7) is 3.36. The maximum Gasteiger partial charge on any atom is 0.162 e. The summed E-state index contributed by atoms with van der Waals surface area (Å²) in [4.78, 5) is 11.0. The van der Waals surface area contributed by atoms with E-state index in [1.165, 1.54) is 0 Å². The van der Waals surface area contributed by atoms with Gasteiger partial charge in [0.25, 0.3) is 0 Å². The fraction of sp³-hybridized carbons (Fsp3) is 0.455. The molecular formula is C11H17N5. The predicted octanol–water partition coefficient (Wildman–Crippen LogP) is 0.976. The molecule has 0 unspecified atom stereocenters. The average molecular weight is 219 g/mol. The van der Waals surface area contributed by atoms with Crippen molar-refractivity contribution in [2.75, 3.05) is 19.0 Å². The molecule has 0 aliphatic heterocycles. The number of aromatic nitrogens is 3. The summed E-state index contributed by atoms with van der Waals surface area (Å²) in [6, 6.07) is 1.97. The fourth-order valence-corrected chi connectivity index (χ4v) is 1.90. The molecule has 2 rings (SSSR count). The third-order valence-corrected chi connectivity index (χ3v) is 2.67. The molecule has 0 amide bonds. The molecular weight excluding hydrogens is 202 g/mol. The number of imidazole rings is 1. The number of pyridine rings is 1. The lowest BCUT2D eigenvalue weighted by Gasteiger charge is -2.12. The zero-order chi connectivity index (χ0) is 11.7. The summed E-state index contributed by atoms with van der Waals surface area (Å²) < 4.78 is 2.06. The van der Waals surface area contributed by atoms with E-state index in [1.807, 2.05) is 31.3 Å². The summed E-state index contributed by atoms with van der Waals surface area (Å²) in [5.74, 6) is 0.888. The minimum absolute atomic E-state index is 0.442. The first-order chi connectivity index (χ1) is 7.69. The maximum absolute atomic E-state index is 5.69. The SMILES string of the molecule is CCn1c(CN)nc2c(N(C)C)ccnc21. The maximum atomic E-state index is 5.69. The molecule has 0 aliphatic rings. The van der Waals surface area contributed by atoms with Gasteiger partial charge in [-0.1, -0.05) is 0 Å². The zero-order valence-electron chi connectivity index (χ0n) is 9.94. The molecule has 16 heavy (non-hydrogen) atoms. The molecule has 5 nitrogen and oxygen atoms in total. The van der Waals surface area contributed by atoms with E-state index in [2.05, 4.69) is 21.5 Å². The van der Waals surface area contributed by atoms with Gasteiger partial charge in [-0.3, -0.25) is 0 Å². The monoisotopic (exact) mass is 219 g/mol. The Labute approximate surface area is 94.9 Å². The Balaban J connectivity index is 2.75. The molecule has 2 aromatic rings. The van der Waals surface area contributed by atoms with Crippen LogP contribution in [0.3, 0.4) is 0 Å². The van der Waals surface area contributed by atoms with Gasteiger partial charge in [0.15, 0.2) is 5.65 Å². The Bertz CT molecular complexity index is 500. The van der Waals surface area contributed by atoms with Crippen molar-refractivity contribution in [2.24, 2.45) is 5.73 Å². The van der Waals surface area contributed by atoms with Crippen LogP contribution in [0.15, 0.2) is 12.3 Å². The normalized spacial score (nSPS) is 11.0. The van der Waals surface area contributed by atoms with Crippen molar-refractivity contribution in [3.05, 3.63) is 18.1 Å². The van der Waals surface area contributed by atoms with Crippen LogP contribution in [0.25, 0.3) is 11.2 Å². The molecule has 2 aromatic heterocycles. The molecule has 0 fully saturated rings. The Morgan fingerprint density at radius 2 is 2.19 bits per heavy atom. The van der Waals surface area contributed by atoms with Crippen molar-refractivity contribution in [1.82, 2.24) is 14.5 Å². The van der Waals surface area contributed by atoms with Gasteiger partial charge in [-0.15, -0.1) is 0 Å². The topological polar surface area (TPSA) is 60.0 Å². The second-order valence-electron chi connectivity index (χ2n) is 3.87. The molecule has 0 saturated carbocycles. The van der Waals surface area contributed by atoms with Crippen LogP contribution in [-0.2, 0) is 13.1 Å². The van der Waals surface area contributed by atoms with Crippen LogP contribution in [0, 0.1) is 0 Å². The molecule has 0 aromatic carbocycles. The molecule has 0 bridgehead atoms. The molecule has 86 valence electrons. The van der Waals surface area contributed by atoms with E-state index in [0.717, 1.165) is 29.2 Å². The van der Waals surface area contributed by atoms with Gasteiger partial charge in [-0.25, -0.2) is 9.97 Å². The molecule has 0 atom stereocenters. The van der Waals surface area contributed by atoms with Crippen LogP contribution < -0.4 is 10.6 Å². The molecule has 2 heterocycles. The van der Waals surface area contributed by atoms with Crippen molar-refractivity contribution >= 4 is 16.9 Å². The van der Waals surface area contributed by atoms with Crippen molar-refractivity contribution < 1.29 is 0 Å². The number of aryl methyl sites for hydroxylation is 1. The summed E-state index contributed by atoms with van der Waals surface area (Å²) in [6.07, 6.45) is 1.81. The standard InChI is InChI=1S/C11H17N5/c1-4-16-9(7-12)14-10-8(15(2)3)5-6-13-11(10)16/h5-6H,4,7,12H2,1-3H3. The van der Waals surface area contributed by atoms with E-state index in [-0.39, 0.29) is 0 Å². The Kier molecular flexibility index (Phi) is 2.78. The fourth-order valence-electron chi connectivity index (χ4n) is 1.90. The van der Waals surface area contributed by atoms with Crippen molar-refractivity contribution in [3.8, 4) is 0 Å². The first kappa shape index (κ1) is 10.9. The summed E-state index contributed by atoms with van der Waals surface area (Å²) in [5, 5.41) is 0. The van der Waals surface area contributed by atoms with E-state index in [4.69, 9.17) is 5.73 Å². The molecule has 5 heteroatoms. The second-order valence-corrected chi connectivity index (χ2v) is 3.87. The summed E-state index contributed by atoms with van der Waals surface area (Å²) in [7, 11) is 4.00.